The summed E-state index contributed by atoms with van der Waals surface area (Å²) >= 11 is 0. The van der Waals surface area contributed by atoms with E-state index in [0.29, 0.717) is 12.8 Å². The van der Waals surface area contributed by atoms with Crippen molar-refractivity contribution < 1.29 is 89.4 Å². The summed E-state index contributed by atoms with van der Waals surface area (Å²) in [6.45, 7) is 1.85. The summed E-state index contributed by atoms with van der Waals surface area (Å²) in [5.74, 6) is -0.236. The van der Waals surface area contributed by atoms with Crippen LogP contribution >= 0.6 is 0 Å². The van der Waals surface area contributed by atoms with Gasteiger partial charge in [0.1, 0.15) is 73.2 Å². The predicted molar refractivity (Wildman–Crippen MR) is 420 cm³/mol. The number of aliphatic hydroxyl groups is 11. The topological polar surface area (TPSA) is 307 Å². The molecule has 3 aliphatic rings. The summed E-state index contributed by atoms with van der Waals surface area (Å²) in [5, 5.41) is 121. The van der Waals surface area contributed by atoms with Crippen molar-refractivity contribution in [3.8, 4) is 0 Å². The van der Waals surface area contributed by atoms with Crippen LogP contribution in [0, 0.1) is 0 Å². The van der Waals surface area contributed by atoms with Crippen molar-refractivity contribution in [1.82, 2.24) is 5.32 Å². The molecule has 17 atom stereocenters. The fraction of sp³-hybridized carbons (Fsp3) is 0.919. The van der Waals surface area contributed by atoms with Crippen molar-refractivity contribution in [2.24, 2.45) is 0 Å². The first-order valence-corrected chi connectivity index (χ1v) is 43.7. The Balaban J connectivity index is 1.34. The molecule has 0 radical (unpaired) electrons. The fourth-order valence-corrected chi connectivity index (χ4v) is 15.0. The summed E-state index contributed by atoms with van der Waals surface area (Å²) in [5.41, 5.74) is 0. The molecule has 105 heavy (non-hydrogen) atoms. The smallest absolute Gasteiger partial charge is 0.220 e. The summed E-state index contributed by atoms with van der Waals surface area (Å²) < 4.78 is 34.6. The zero-order valence-electron chi connectivity index (χ0n) is 66.5. The van der Waals surface area contributed by atoms with E-state index in [-0.39, 0.29) is 18.9 Å². The molecule has 618 valence electrons. The average Bonchev–Trinajstić information content (AvgIpc) is 0.781. The van der Waals surface area contributed by atoms with Gasteiger partial charge in [-0.2, -0.15) is 0 Å². The number of carbonyl (C=O) groups is 1. The highest BCUT2D eigenvalue weighted by Gasteiger charge is 2.54. The van der Waals surface area contributed by atoms with Gasteiger partial charge in [-0.3, -0.25) is 4.79 Å². The van der Waals surface area contributed by atoms with Crippen LogP contribution in [0.1, 0.15) is 373 Å². The second kappa shape index (κ2) is 66.6. The lowest BCUT2D eigenvalue weighted by molar-refractivity contribution is -0.379. The van der Waals surface area contributed by atoms with Gasteiger partial charge in [0, 0.05) is 6.42 Å². The maximum atomic E-state index is 13.5. The monoisotopic (exact) mass is 1500 g/mol. The summed E-state index contributed by atoms with van der Waals surface area (Å²) in [4.78, 5) is 13.5. The van der Waals surface area contributed by atoms with Crippen LogP contribution in [-0.2, 0) is 33.2 Å². The number of nitrogens with one attached hydrogen (secondary N) is 1. The fourth-order valence-electron chi connectivity index (χ4n) is 15.0. The number of rotatable bonds is 71. The van der Waals surface area contributed by atoms with E-state index < -0.39 is 124 Å². The Morgan fingerprint density at radius 3 is 0.981 bits per heavy atom. The van der Waals surface area contributed by atoms with E-state index in [1.165, 1.54) is 283 Å². The van der Waals surface area contributed by atoms with Crippen molar-refractivity contribution in [2.75, 3.05) is 26.4 Å². The van der Waals surface area contributed by atoms with E-state index in [4.69, 9.17) is 28.4 Å². The van der Waals surface area contributed by atoms with Gasteiger partial charge < -0.3 is 89.9 Å². The Labute approximate surface area is 638 Å². The predicted octanol–water partition coefficient (Wildman–Crippen LogP) is 15.9. The minimum Gasteiger partial charge on any atom is -0.394 e. The Bertz CT molecular complexity index is 2030. The first-order valence-electron chi connectivity index (χ1n) is 43.7. The van der Waals surface area contributed by atoms with Crippen molar-refractivity contribution >= 4 is 5.91 Å². The van der Waals surface area contributed by atoms with Gasteiger partial charge in [0.15, 0.2) is 18.9 Å². The highest BCUT2D eigenvalue weighted by atomic mass is 16.8. The normalized spacial score (nSPS) is 25.9. The maximum Gasteiger partial charge on any atom is 0.220 e. The number of ether oxygens (including phenoxy) is 6. The van der Waals surface area contributed by atoms with Gasteiger partial charge in [-0.05, 0) is 51.4 Å². The first kappa shape index (κ1) is 97.2. The summed E-state index contributed by atoms with van der Waals surface area (Å²) in [7, 11) is 0. The van der Waals surface area contributed by atoms with Crippen LogP contribution in [0.4, 0.5) is 0 Å². The number of carbonyl (C=O) groups excluding carboxylic acids is 1. The van der Waals surface area contributed by atoms with Crippen LogP contribution in [0.3, 0.4) is 0 Å². The molecule has 1 amide bonds. The van der Waals surface area contributed by atoms with E-state index in [9.17, 15) is 61.0 Å². The van der Waals surface area contributed by atoms with Crippen LogP contribution < -0.4 is 5.32 Å². The molecule has 0 bridgehead atoms. The Morgan fingerprint density at radius 2 is 0.629 bits per heavy atom. The SMILES string of the molecule is CCCCCCC/C=C\C/C=C\C/C=C\CCCCCCCCCCCCCCCCCCC(=O)NC(COC1OC(CO)C(OC2OC(CO)C(OC3OC(CO)C(O)C(O)C3O)C(O)C2O)C(O)C1O)C(O)CCCCCCCCCCCCCCCCCCCCCCCCCCCCCCC. The van der Waals surface area contributed by atoms with Crippen LogP contribution in [0.5, 0.6) is 0 Å². The third kappa shape index (κ3) is 46.0. The van der Waals surface area contributed by atoms with Gasteiger partial charge in [0.05, 0.1) is 38.6 Å². The Kier molecular flexibility index (Phi) is 61.7. The van der Waals surface area contributed by atoms with E-state index in [1.54, 1.807) is 0 Å². The molecule has 3 aliphatic heterocycles. The number of hydrogen-bond donors (Lipinski definition) is 12. The van der Waals surface area contributed by atoms with Gasteiger partial charge in [-0.1, -0.05) is 352 Å². The molecule has 12 N–H and O–H groups in total. The molecular formula is C86H161NO18. The van der Waals surface area contributed by atoms with Gasteiger partial charge >= 0.3 is 0 Å². The van der Waals surface area contributed by atoms with Crippen LogP contribution in [-0.4, -0.2) is 193 Å². The molecule has 3 fully saturated rings. The molecule has 19 nitrogen and oxygen atoms in total. The average molecular weight is 1500 g/mol. The lowest BCUT2D eigenvalue weighted by Gasteiger charge is -2.48. The number of aliphatic hydroxyl groups excluding tert-OH is 11. The van der Waals surface area contributed by atoms with Gasteiger partial charge in [0.2, 0.25) is 5.91 Å². The highest BCUT2D eigenvalue weighted by Crippen LogP contribution is 2.34. The Morgan fingerprint density at radius 1 is 0.343 bits per heavy atom. The molecule has 3 rings (SSSR count). The molecule has 0 aromatic heterocycles. The van der Waals surface area contributed by atoms with Gasteiger partial charge in [-0.25, -0.2) is 0 Å². The van der Waals surface area contributed by atoms with Crippen molar-refractivity contribution in [3.63, 3.8) is 0 Å². The van der Waals surface area contributed by atoms with Crippen LogP contribution in [0.2, 0.25) is 0 Å². The second-order valence-electron chi connectivity index (χ2n) is 31.4. The number of allylic oxidation sites excluding steroid dienone is 6. The third-order valence-corrected chi connectivity index (χ3v) is 22.0. The van der Waals surface area contributed by atoms with Gasteiger partial charge in [0.25, 0.3) is 0 Å². The van der Waals surface area contributed by atoms with E-state index in [0.717, 1.165) is 57.8 Å². The zero-order chi connectivity index (χ0) is 76.0. The van der Waals surface area contributed by atoms with Crippen molar-refractivity contribution in [3.05, 3.63) is 36.5 Å². The summed E-state index contributed by atoms with van der Waals surface area (Å²) in [6, 6.07) is -0.889. The maximum absolute atomic E-state index is 13.5. The standard InChI is InChI=1S/C86H161NO18/c1-3-5-7-9-11-13-15-17-19-21-23-25-27-29-31-33-34-36-38-40-42-44-46-48-50-52-54-56-58-60-62-64-74(92)87-69(70(91)63-61-59-57-55-53-51-49-47-45-43-41-39-37-35-32-30-28-26-24-22-20-18-16-14-12-10-8-6-4-2)68-100-84-80(98)77(95)82(72(66-89)102-84)105-86-81(99)78(96)83(73(67-90)103-86)104-85-79(97)76(94)75(93)71(65-88)101-85/h15,17,21,23,27,29,69-73,75-86,88-91,93-99H,3-14,16,18-20,22,24-26,28,30-68H2,1-2H3,(H,87,92)/b17-15-,23-21-,29-27-. The van der Waals surface area contributed by atoms with Gasteiger partial charge in [-0.15, -0.1) is 0 Å². The molecule has 0 aliphatic carbocycles. The molecule has 17 unspecified atom stereocenters. The first-order chi connectivity index (χ1) is 51.3. The van der Waals surface area contributed by atoms with Crippen LogP contribution in [0.25, 0.3) is 0 Å². The zero-order valence-corrected chi connectivity index (χ0v) is 66.5. The van der Waals surface area contributed by atoms with E-state index in [2.05, 4.69) is 55.6 Å². The minimum atomic E-state index is -1.97. The van der Waals surface area contributed by atoms with Crippen molar-refractivity contribution in [1.29, 1.82) is 0 Å². The molecule has 0 spiro atoms. The minimum absolute atomic E-state index is 0.236. The number of amides is 1. The quantitative estimate of drug-likeness (QED) is 0.0199. The lowest BCUT2D eigenvalue weighted by atomic mass is 9.96. The third-order valence-electron chi connectivity index (χ3n) is 22.0. The number of unbranched alkanes of at least 4 members (excludes halogenated alkanes) is 49. The molecule has 19 heteroatoms. The molecule has 0 aromatic rings. The second-order valence-corrected chi connectivity index (χ2v) is 31.4. The largest absolute Gasteiger partial charge is 0.394 e. The molecule has 0 aromatic carbocycles. The highest BCUT2D eigenvalue weighted by molar-refractivity contribution is 5.76. The Hall–Kier alpha value is -1.99. The summed E-state index contributed by atoms with van der Waals surface area (Å²) in [6.07, 6.45) is 56.7. The molecule has 3 heterocycles. The molecular weight excluding hydrogens is 1330 g/mol. The number of hydrogen-bond acceptors (Lipinski definition) is 18. The van der Waals surface area contributed by atoms with E-state index >= 15 is 0 Å². The van der Waals surface area contributed by atoms with Crippen LogP contribution in [0.15, 0.2) is 36.5 Å². The van der Waals surface area contributed by atoms with Crippen molar-refractivity contribution in [2.45, 2.75) is 478 Å². The molecule has 3 saturated heterocycles. The molecule has 0 saturated carbocycles. The van der Waals surface area contributed by atoms with E-state index in [1.807, 2.05) is 0 Å². The lowest BCUT2D eigenvalue weighted by Crippen LogP contribution is -2.66.